The van der Waals surface area contributed by atoms with E-state index in [9.17, 15) is 14.9 Å². The SMILES string of the molecule is COc1ccc(Nc2ncnc(NNC(=O)c3ccncc3)c2[N+](=O)[O-])cc1. The van der Waals surface area contributed by atoms with E-state index in [0.29, 0.717) is 17.0 Å². The Hall–Kier alpha value is -4.28. The third-order valence-corrected chi connectivity index (χ3v) is 3.59. The van der Waals surface area contributed by atoms with Crippen LogP contribution in [0.1, 0.15) is 10.4 Å². The van der Waals surface area contributed by atoms with Crippen molar-refractivity contribution in [1.82, 2.24) is 20.4 Å². The Labute approximate surface area is 158 Å². The molecule has 0 bridgehead atoms. The highest BCUT2D eigenvalue weighted by atomic mass is 16.6. The first kappa shape index (κ1) is 18.5. The maximum Gasteiger partial charge on any atom is 0.355 e. The van der Waals surface area contributed by atoms with Crippen LogP contribution in [0.4, 0.5) is 23.0 Å². The average Bonchev–Trinajstić information content (AvgIpc) is 2.73. The zero-order valence-corrected chi connectivity index (χ0v) is 14.6. The van der Waals surface area contributed by atoms with Crippen LogP contribution in [0.3, 0.4) is 0 Å². The fraction of sp³-hybridized carbons (Fsp3) is 0.0588. The van der Waals surface area contributed by atoms with Gasteiger partial charge in [0.05, 0.1) is 12.0 Å². The number of nitro groups is 1. The maximum absolute atomic E-state index is 12.1. The molecule has 0 spiro atoms. The Bertz CT molecular complexity index is 981. The number of hydrogen-bond acceptors (Lipinski definition) is 9. The van der Waals surface area contributed by atoms with Gasteiger partial charge in [-0.1, -0.05) is 0 Å². The molecule has 0 fully saturated rings. The van der Waals surface area contributed by atoms with Crippen LogP contribution in [0.5, 0.6) is 5.75 Å². The molecule has 0 saturated carbocycles. The zero-order chi connectivity index (χ0) is 19.9. The molecular weight excluding hydrogens is 366 g/mol. The van der Waals surface area contributed by atoms with Gasteiger partial charge in [-0.15, -0.1) is 0 Å². The molecule has 3 aromatic rings. The first-order valence-corrected chi connectivity index (χ1v) is 7.95. The van der Waals surface area contributed by atoms with Gasteiger partial charge in [-0.2, -0.15) is 0 Å². The Morgan fingerprint density at radius 2 is 1.75 bits per heavy atom. The van der Waals surface area contributed by atoms with Crippen molar-refractivity contribution in [3.63, 3.8) is 0 Å². The van der Waals surface area contributed by atoms with Crippen molar-refractivity contribution in [3.8, 4) is 5.75 Å². The summed E-state index contributed by atoms with van der Waals surface area (Å²) in [6.45, 7) is 0. The van der Waals surface area contributed by atoms with Gasteiger partial charge in [-0.05, 0) is 36.4 Å². The Morgan fingerprint density at radius 3 is 2.39 bits per heavy atom. The largest absolute Gasteiger partial charge is 0.497 e. The number of rotatable bonds is 7. The summed E-state index contributed by atoms with van der Waals surface area (Å²) in [5, 5.41) is 14.4. The van der Waals surface area contributed by atoms with Crippen LogP contribution in [-0.4, -0.2) is 32.9 Å². The molecule has 1 aromatic carbocycles. The number of nitrogens with zero attached hydrogens (tertiary/aromatic N) is 4. The second-order valence-electron chi connectivity index (χ2n) is 5.35. The second-order valence-corrected chi connectivity index (χ2v) is 5.35. The van der Waals surface area contributed by atoms with Crippen molar-refractivity contribution in [3.05, 3.63) is 70.8 Å². The van der Waals surface area contributed by atoms with E-state index in [1.54, 1.807) is 24.3 Å². The Morgan fingerprint density at radius 1 is 1.07 bits per heavy atom. The lowest BCUT2D eigenvalue weighted by molar-refractivity contribution is -0.383. The first-order chi connectivity index (χ1) is 13.6. The maximum atomic E-state index is 12.1. The summed E-state index contributed by atoms with van der Waals surface area (Å²) in [5.74, 6) is -0.0619. The molecule has 0 radical (unpaired) electrons. The van der Waals surface area contributed by atoms with Gasteiger partial charge in [0.15, 0.2) is 0 Å². The van der Waals surface area contributed by atoms with E-state index in [1.807, 2.05) is 0 Å². The molecule has 0 atom stereocenters. The van der Waals surface area contributed by atoms with Crippen LogP contribution in [-0.2, 0) is 0 Å². The summed E-state index contributed by atoms with van der Waals surface area (Å²) in [6.07, 6.45) is 4.05. The lowest BCUT2D eigenvalue weighted by Crippen LogP contribution is -2.30. The van der Waals surface area contributed by atoms with Crippen LogP contribution in [0.25, 0.3) is 0 Å². The molecular formula is C17H15N7O4. The van der Waals surface area contributed by atoms with E-state index in [4.69, 9.17) is 4.74 Å². The van der Waals surface area contributed by atoms with Gasteiger partial charge >= 0.3 is 5.69 Å². The van der Waals surface area contributed by atoms with Gasteiger partial charge in [0.2, 0.25) is 11.6 Å². The lowest BCUT2D eigenvalue weighted by atomic mass is 10.2. The van der Waals surface area contributed by atoms with Crippen molar-refractivity contribution in [2.45, 2.75) is 0 Å². The Balaban J connectivity index is 1.80. The van der Waals surface area contributed by atoms with E-state index in [2.05, 4.69) is 31.1 Å². The second kappa shape index (κ2) is 8.40. The molecule has 2 aromatic heterocycles. The minimum absolute atomic E-state index is 0.0363. The quantitative estimate of drug-likeness (QED) is 0.414. The highest BCUT2D eigenvalue weighted by Crippen LogP contribution is 2.31. The number of carbonyl (C=O) groups excluding carboxylic acids is 1. The van der Waals surface area contributed by atoms with Crippen LogP contribution < -0.4 is 20.9 Å². The van der Waals surface area contributed by atoms with E-state index in [0.717, 1.165) is 6.33 Å². The predicted octanol–water partition coefficient (Wildman–Crippen LogP) is 2.29. The molecule has 0 aliphatic carbocycles. The molecule has 2 heterocycles. The van der Waals surface area contributed by atoms with Gasteiger partial charge in [-0.25, -0.2) is 9.97 Å². The fourth-order valence-electron chi connectivity index (χ4n) is 2.24. The lowest BCUT2D eigenvalue weighted by Gasteiger charge is -2.11. The molecule has 3 rings (SSSR count). The van der Waals surface area contributed by atoms with Crippen LogP contribution >= 0.6 is 0 Å². The zero-order valence-electron chi connectivity index (χ0n) is 14.6. The third-order valence-electron chi connectivity index (χ3n) is 3.59. The summed E-state index contributed by atoms with van der Waals surface area (Å²) >= 11 is 0. The van der Waals surface area contributed by atoms with E-state index < -0.39 is 16.5 Å². The number of hydrazine groups is 1. The summed E-state index contributed by atoms with van der Waals surface area (Å²) in [7, 11) is 1.54. The molecule has 0 unspecified atom stereocenters. The number of anilines is 3. The highest BCUT2D eigenvalue weighted by Gasteiger charge is 2.23. The number of amides is 1. The minimum atomic E-state index is -0.646. The van der Waals surface area contributed by atoms with Crippen LogP contribution in [0, 0.1) is 10.1 Å². The summed E-state index contributed by atoms with van der Waals surface area (Å²) in [5.41, 5.74) is 5.30. The molecule has 0 saturated heterocycles. The third kappa shape index (κ3) is 4.27. The highest BCUT2D eigenvalue weighted by molar-refractivity contribution is 5.94. The standard InChI is InChI=1S/C17H15N7O4/c1-28-13-4-2-12(3-5-13)21-15-14(24(26)27)16(20-10-19-15)22-23-17(25)11-6-8-18-9-7-11/h2-10H,1H3,(H,23,25)(H2,19,20,21,22). The van der Waals surface area contributed by atoms with Gasteiger partial charge in [0.25, 0.3) is 5.91 Å². The van der Waals surface area contributed by atoms with Crippen LogP contribution in [0.2, 0.25) is 0 Å². The molecule has 3 N–H and O–H groups in total. The molecule has 142 valence electrons. The molecule has 28 heavy (non-hydrogen) atoms. The topological polar surface area (TPSA) is 144 Å². The van der Waals surface area contributed by atoms with Gasteiger partial charge < -0.3 is 10.1 Å². The number of hydrogen-bond donors (Lipinski definition) is 3. The average molecular weight is 381 g/mol. The molecule has 11 heteroatoms. The van der Waals surface area contributed by atoms with Gasteiger partial charge in [0.1, 0.15) is 12.1 Å². The van der Waals surface area contributed by atoms with Crippen molar-refractivity contribution in [2.75, 3.05) is 17.9 Å². The summed E-state index contributed by atoms with van der Waals surface area (Å²) in [4.78, 5) is 34.6. The number of pyridine rings is 1. The van der Waals surface area contributed by atoms with Gasteiger partial charge in [0, 0.05) is 23.6 Å². The number of ether oxygens (including phenoxy) is 1. The Kier molecular flexibility index (Phi) is 5.55. The number of nitrogens with one attached hydrogen (secondary N) is 3. The van der Waals surface area contributed by atoms with E-state index in [1.165, 1.54) is 31.6 Å². The fourth-order valence-corrected chi connectivity index (χ4v) is 2.24. The van der Waals surface area contributed by atoms with Crippen molar-refractivity contribution >= 4 is 28.9 Å². The van der Waals surface area contributed by atoms with E-state index in [-0.39, 0.29) is 11.6 Å². The summed E-state index contributed by atoms with van der Waals surface area (Å²) in [6, 6.07) is 9.77. The molecule has 11 nitrogen and oxygen atoms in total. The molecule has 0 aliphatic heterocycles. The number of methoxy groups -OCH3 is 1. The van der Waals surface area contributed by atoms with E-state index >= 15 is 0 Å². The molecule has 1 amide bonds. The minimum Gasteiger partial charge on any atom is -0.497 e. The predicted molar refractivity (Wildman–Crippen MR) is 100 cm³/mol. The smallest absolute Gasteiger partial charge is 0.355 e. The monoisotopic (exact) mass is 381 g/mol. The van der Waals surface area contributed by atoms with Crippen molar-refractivity contribution in [1.29, 1.82) is 0 Å². The normalized spacial score (nSPS) is 10.0. The number of aromatic nitrogens is 3. The van der Waals surface area contributed by atoms with Crippen molar-refractivity contribution in [2.24, 2.45) is 0 Å². The van der Waals surface area contributed by atoms with Crippen LogP contribution in [0.15, 0.2) is 55.1 Å². The van der Waals surface area contributed by atoms with Crippen molar-refractivity contribution < 1.29 is 14.5 Å². The summed E-state index contributed by atoms with van der Waals surface area (Å²) < 4.78 is 5.08. The number of carbonyl (C=O) groups is 1. The molecule has 0 aliphatic rings. The van der Waals surface area contributed by atoms with Gasteiger partial charge in [-0.3, -0.25) is 30.7 Å². The first-order valence-electron chi connectivity index (χ1n) is 7.95. The number of benzene rings is 1.